The van der Waals surface area contributed by atoms with Crippen molar-refractivity contribution in [3.8, 4) is 0 Å². The van der Waals surface area contributed by atoms with Crippen LogP contribution in [0.2, 0.25) is 6.04 Å². The topological polar surface area (TPSA) is 87.5 Å². The summed E-state index contributed by atoms with van der Waals surface area (Å²) in [7, 11) is 2.05. The van der Waals surface area contributed by atoms with Crippen molar-refractivity contribution in [2.45, 2.75) is 18.9 Å². The molecular formula is C13H20N4O4Si. The first-order valence-corrected chi connectivity index (χ1v) is 8.83. The van der Waals surface area contributed by atoms with Gasteiger partial charge in [-0.2, -0.15) is 4.79 Å². The molecule has 0 spiro atoms. The van der Waals surface area contributed by atoms with Crippen molar-refractivity contribution in [3.63, 3.8) is 0 Å². The smallest absolute Gasteiger partial charge is 0.377 e. The molecule has 22 heavy (non-hydrogen) atoms. The Bertz CT molecular complexity index is 621. The third-order valence-corrected chi connectivity index (χ3v) is 6.23. The normalized spacial score (nSPS) is 11.8. The predicted molar refractivity (Wildman–Crippen MR) is 82.7 cm³/mol. The van der Waals surface area contributed by atoms with E-state index in [-0.39, 0.29) is 5.91 Å². The van der Waals surface area contributed by atoms with Gasteiger partial charge in [-0.05, 0) is 23.8 Å². The summed E-state index contributed by atoms with van der Waals surface area (Å²) in [6, 6.07) is 7.98. The van der Waals surface area contributed by atoms with Crippen molar-refractivity contribution in [1.82, 2.24) is 15.1 Å². The van der Waals surface area contributed by atoms with E-state index in [1.807, 2.05) is 24.3 Å². The fourth-order valence-electron chi connectivity index (χ4n) is 2.15. The van der Waals surface area contributed by atoms with Crippen LogP contribution in [0.3, 0.4) is 0 Å². The molecule has 0 radical (unpaired) electrons. The zero-order valence-electron chi connectivity index (χ0n) is 12.9. The number of carbonyl (C=O) groups is 1. The molecule has 0 unspecified atom stereocenters. The summed E-state index contributed by atoms with van der Waals surface area (Å²) in [6.07, 6.45) is 0.916. The minimum atomic E-state index is -2.62. The summed E-state index contributed by atoms with van der Waals surface area (Å²) < 4.78 is 16.0. The fraction of sp³-hybridized carbons (Fsp3) is 0.462. The number of benzene rings is 1. The van der Waals surface area contributed by atoms with E-state index >= 15 is 0 Å². The number of aromatic nitrogens is 3. The largest absolute Gasteiger partial charge is 0.500 e. The maximum Gasteiger partial charge on any atom is 0.500 e. The average Bonchev–Trinajstić information content (AvgIpc) is 2.95. The molecule has 0 fully saturated rings. The molecule has 0 bridgehead atoms. The highest BCUT2D eigenvalue weighted by atomic mass is 28.4. The molecule has 0 atom stereocenters. The molecule has 2 rings (SSSR count). The number of rotatable bonds is 8. The van der Waals surface area contributed by atoms with Crippen LogP contribution in [0.15, 0.2) is 24.3 Å². The number of carbonyl (C=O) groups excluding carboxylic acids is 1. The molecule has 1 heterocycles. The summed E-state index contributed by atoms with van der Waals surface area (Å²) in [5.41, 5.74) is 4.19. The highest BCUT2D eigenvalue weighted by molar-refractivity contribution is 6.60. The predicted octanol–water partition coefficient (Wildman–Crippen LogP) is 1.16. The Morgan fingerprint density at radius 2 is 1.91 bits per heavy atom. The highest BCUT2D eigenvalue weighted by Gasteiger charge is 2.37. The Morgan fingerprint density at radius 3 is 2.59 bits per heavy atom. The van der Waals surface area contributed by atoms with E-state index in [0.717, 1.165) is 11.0 Å². The molecule has 0 aliphatic heterocycles. The summed E-state index contributed by atoms with van der Waals surface area (Å²) in [5.74, 6) is -0.151. The van der Waals surface area contributed by atoms with Crippen molar-refractivity contribution in [3.05, 3.63) is 24.3 Å². The monoisotopic (exact) mass is 324 g/mol. The summed E-state index contributed by atoms with van der Waals surface area (Å²) in [4.78, 5) is 13.4. The van der Waals surface area contributed by atoms with Crippen molar-refractivity contribution in [1.29, 1.82) is 0 Å². The minimum absolute atomic E-state index is 0.151. The van der Waals surface area contributed by atoms with E-state index in [0.29, 0.717) is 18.9 Å². The van der Waals surface area contributed by atoms with Crippen LogP contribution < -0.4 is 5.43 Å². The highest BCUT2D eigenvalue weighted by Crippen LogP contribution is 2.16. The lowest BCUT2D eigenvalue weighted by atomic mass is 10.3. The van der Waals surface area contributed by atoms with Crippen LogP contribution in [-0.2, 0) is 18.1 Å². The molecule has 8 nitrogen and oxygen atoms in total. The van der Waals surface area contributed by atoms with Crippen molar-refractivity contribution >= 4 is 25.7 Å². The van der Waals surface area contributed by atoms with Crippen LogP contribution in [0.1, 0.15) is 12.8 Å². The second-order valence-corrected chi connectivity index (χ2v) is 7.76. The second-order valence-electron chi connectivity index (χ2n) is 4.67. The Hall–Kier alpha value is -1.81. The van der Waals surface area contributed by atoms with Gasteiger partial charge < -0.3 is 13.3 Å². The summed E-state index contributed by atoms with van der Waals surface area (Å²) in [6.45, 7) is 0. The van der Waals surface area contributed by atoms with E-state index in [1.54, 1.807) is 21.3 Å². The van der Waals surface area contributed by atoms with Gasteiger partial charge in [0.2, 0.25) is 5.91 Å². The van der Waals surface area contributed by atoms with Crippen LogP contribution in [0.4, 0.5) is 0 Å². The average molecular weight is 324 g/mol. The van der Waals surface area contributed by atoms with Crippen LogP contribution in [0, 0.1) is 0 Å². The van der Waals surface area contributed by atoms with Gasteiger partial charge in [-0.3, -0.25) is 4.79 Å². The van der Waals surface area contributed by atoms with Crippen LogP contribution in [-0.4, -0.2) is 51.1 Å². The SMILES string of the molecule is CO[Si](CCCC(=O)Nn1nnc2ccccc21)(OC)OC. The van der Waals surface area contributed by atoms with Gasteiger partial charge in [0.15, 0.2) is 0 Å². The Labute approximate surface area is 129 Å². The van der Waals surface area contributed by atoms with Crippen LogP contribution in [0.5, 0.6) is 0 Å². The summed E-state index contributed by atoms with van der Waals surface area (Å²) in [5, 5.41) is 7.89. The van der Waals surface area contributed by atoms with Gasteiger partial charge in [-0.25, -0.2) is 5.43 Å². The number of hydrogen-bond donors (Lipinski definition) is 1. The van der Waals surface area contributed by atoms with E-state index < -0.39 is 8.80 Å². The van der Waals surface area contributed by atoms with Gasteiger partial charge in [0, 0.05) is 33.8 Å². The second kappa shape index (κ2) is 7.45. The van der Waals surface area contributed by atoms with Crippen molar-refractivity contribution in [2.75, 3.05) is 26.8 Å². The van der Waals surface area contributed by atoms with E-state index in [2.05, 4.69) is 15.7 Å². The van der Waals surface area contributed by atoms with E-state index in [9.17, 15) is 4.79 Å². The molecule has 120 valence electrons. The quantitative estimate of drug-likeness (QED) is 0.733. The van der Waals surface area contributed by atoms with Crippen LogP contribution in [0.25, 0.3) is 11.0 Å². The molecule has 1 aromatic heterocycles. The maximum atomic E-state index is 12.0. The molecule has 0 saturated heterocycles. The lowest BCUT2D eigenvalue weighted by Crippen LogP contribution is -2.42. The van der Waals surface area contributed by atoms with Gasteiger partial charge >= 0.3 is 8.80 Å². The Morgan fingerprint density at radius 1 is 1.23 bits per heavy atom. The zero-order valence-corrected chi connectivity index (χ0v) is 13.9. The van der Waals surface area contributed by atoms with Gasteiger partial charge in [-0.15, -0.1) is 5.10 Å². The number of nitrogens with zero attached hydrogens (tertiary/aromatic N) is 3. The van der Waals surface area contributed by atoms with E-state index in [4.69, 9.17) is 13.3 Å². The Kier molecular flexibility index (Phi) is 5.61. The van der Waals surface area contributed by atoms with Crippen molar-refractivity contribution in [2.24, 2.45) is 0 Å². The number of hydrogen-bond acceptors (Lipinski definition) is 6. The molecule has 1 amide bonds. The molecule has 0 aliphatic carbocycles. The fourth-order valence-corrected chi connectivity index (χ4v) is 3.87. The Balaban J connectivity index is 1.88. The number of para-hydroxylation sites is 1. The van der Waals surface area contributed by atoms with E-state index in [1.165, 1.54) is 4.79 Å². The number of fused-ring (bicyclic) bond motifs is 1. The lowest BCUT2D eigenvalue weighted by molar-refractivity contribution is -0.117. The molecule has 0 saturated carbocycles. The third kappa shape index (κ3) is 3.68. The van der Waals surface area contributed by atoms with Crippen LogP contribution >= 0.6 is 0 Å². The molecule has 2 aromatic rings. The third-order valence-electron chi connectivity index (χ3n) is 3.40. The molecule has 9 heteroatoms. The molecule has 0 aliphatic rings. The lowest BCUT2D eigenvalue weighted by Gasteiger charge is -2.24. The van der Waals surface area contributed by atoms with Gasteiger partial charge in [0.1, 0.15) is 11.0 Å². The summed E-state index contributed by atoms with van der Waals surface area (Å²) >= 11 is 0. The first-order valence-electron chi connectivity index (χ1n) is 6.90. The number of nitrogens with one attached hydrogen (secondary N) is 1. The molecular weight excluding hydrogens is 304 g/mol. The maximum absolute atomic E-state index is 12.0. The minimum Gasteiger partial charge on any atom is -0.377 e. The van der Waals surface area contributed by atoms with Gasteiger partial charge in [-0.1, -0.05) is 12.1 Å². The molecule has 1 N–H and O–H groups in total. The number of amides is 1. The molecule has 1 aromatic carbocycles. The van der Waals surface area contributed by atoms with Gasteiger partial charge in [0.05, 0.1) is 0 Å². The standard InChI is InChI=1S/C13H20N4O4Si/c1-19-22(20-2,21-3)10-6-9-13(18)15-17-12-8-5-4-7-11(12)14-16-17/h4-5,7-8H,6,9-10H2,1-3H3,(H,15,18). The first-order chi connectivity index (χ1) is 10.6. The zero-order chi connectivity index (χ0) is 16.0. The van der Waals surface area contributed by atoms with Crippen molar-refractivity contribution < 1.29 is 18.1 Å². The first kappa shape index (κ1) is 16.6. The van der Waals surface area contributed by atoms with Gasteiger partial charge in [0.25, 0.3) is 0 Å².